The Kier molecular flexibility index (Phi) is 11.8. The van der Waals surface area contributed by atoms with E-state index >= 15 is 4.39 Å². The second kappa shape index (κ2) is 15.3. The Morgan fingerprint density at radius 1 is 1.09 bits per heavy atom. The van der Waals surface area contributed by atoms with Crippen LogP contribution in [0.15, 0.2) is 65.6 Å². The molecule has 2 aromatic heterocycles. The maximum absolute atomic E-state index is 15.2. The second-order valence-corrected chi connectivity index (χ2v) is 13.7. The molecular formula is C33H42ClFN6O4S. The van der Waals surface area contributed by atoms with E-state index in [1.54, 1.807) is 54.3 Å². The summed E-state index contributed by atoms with van der Waals surface area (Å²) in [5.41, 5.74) is 1.17. The van der Waals surface area contributed by atoms with Crippen molar-refractivity contribution in [3.05, 3.63) is 82.5 Å². The number of halogens is 2. The number of nitrogens with zero attached hydrogens (tertiary/aromatic N) is 4. The van der Waals surface area contributed by atoms with E-state index in [-0.39, 0.29) is 47.1 Å². The molecule has 1 aliphatic carbocycles. The zero-order valence-electron chi connectivity index (χ0n) is 26.6. The molecule has 5 rings (SSSR count). The molecule has 4 aromatic rings. The summed E-state index contributed by atoms with van der Waals surface area (Å²) in [5, 5.41) is 4.11. The van der Waals surface area contributed by atoms with Crippen LogP contribution in [0.1, 0.15) is 51.1 Å². The Morgan fingerprint density at radius 3 is 2.46 bits per heavy atom. The zero-order chi connectivity index (χ0) is 32.1. The number of methoxy groups -OCH3 is 1. The number of fused-ring (bicyclic) bond motifs is 1. The minimum atomic E-state index is -3.85. The fraction of sp³-hybridized carbons (Fsp3) is 0.424. The van der Waals surface area contributed by atoms with Crippen LogP contribution in [0.3, 0.4) is 0 Å². The molecule has 13 heteroatoms. The van der Waals surface area contributed by atoms with Crippen LogP contribution >= 0.6 is 12.4 Å². The normalized spacial score (nSPS) is 16.8. The van der Waals surface area contributed by atoms with E-state index in [4.69, 9.17) is 9.72 Å². The molecule has 2 aromatic carbocycles. The third-order valence-electron chi connectivity index (χ3n) is 8.34. The van der Waals surface area contributed by atoms with Gasteiger partial charge in [-0.2, -0.15) is 4.98 Å². The van der Waals surface area contributed by atoms with Gasteiger partial charge in [-0.1, -0.05) is 36.4 Å². The lowest BCUT2D eigenvalue weighted by Gasteiger charge is -2.34. The van der Waals surface area contributed by atoms with E-state index in [1.165, 1.54) is 18.2 Å². The summed E-state index contributed by atoms with van der Waals surface area (Å²) in [6.07, 6.45) is 5.79. The number of ether oxygens (including phenoxy) is 1. The number of aromatic nitrogens is 3. The lowest BCUT2D eigenvalue weighted by atomic mass is 9.90. The van der Waals surface area contributed by atoms with Crippen LogP contribution in [0.25, 0.3) is 22.2 Å². The summed E-state index contributed by atoms with van der Waals surface area (Å²) < 4.78 is 49.7. The van der Waals surface area contributed by atoms with Gasteiger partial charge in [0, 0.05) is 48.9 Å². The van der Waals surface area contributed by atoms with Gasteiger partial charge in [-0.25, -0.2) is 17.8 Å². The monoisotopic (exact) mass is 672 g/mol. The molecule has 0 atom stereocenters. The topological polar surface area (TPSA) is 118 Å². The Bertz CT molecular complexity index is 1800. The minimum absolute atomic E-state index is 0. The average molecular weight is 673 g/mol. The first kappa shape index (κ1) is 35.3. The van der Waals surface area contributed by atoms with Crippen molar-refractivity contribution in [3.8, 4) is 11.1 Å². The van der Waals surface area contributed by atoms with E-state index in [0.29, 0.717) is 34.2 Å². The Morgan fingerprint density at radius 2 is 1.80 bits per heavy atom. The van der Waals surface area contributed by atoms with E-state index < -0.39 is 15.8 Å². The second-order valence-electron chi connectivity index (χ2n) is 12.0. The Labute approximate surface area is 275 Å². The van der Waals surface area contributed by atoms with Gasteiger partial charge in [0.15, 0.2) is 0 Å². The third-order valence-corrected chi connectivity index (χ3v) is 9.58. The van der Waals surface area contributed by atoms with Gasteiger partial charge in [0.25, 0.3) is 5.56 Å². The van der Waals surface area contributed by atoms with Gasteiger partial charge < -0.3 is 15.0 Å². The number of likely N-dealkylation sites (N-methyl/N-ethyl adjacent to an activating group) is 1. The maximum Gasteiger partial charge on any atom is 0.260 e. The Hall–Kier alpha value is -3.58. The number of hydrogen-bond donors (Lipinski definition) is 2. The molecule has 0 amide bonds. The molecule has 0 bridgehead atoms. The van der Waals surface area contributed by atoms with E-state index in [1.807, 2.05) is 13.8 Å². The summed E-state index contributed by atoms with van der Waals surface area (Å²) in [6, 6.07) is 14.9. The number of sulfonamides is 1. The average Bonchev–Trinajstić information content (AvgIpc) is 3.01. The summed E-state index contributed by atoms with van der Waals surface area (Å²) in [7, 11) is 0.00661. The number of hydrogen-bond acceptors (Lipinski definition) is 8. The number of rotatable bonds is 12. The first-order valence-corrected chi connectivity index (χ1v) is 16.9. The van der Waals surface area contributed by atoms with Gasteiger partial charge in [0.2, 0.25) is 16.0 Å². The number of benzene rings is 2. The maximum atomic E-state index is 15.2. The quantitative estimate of drug-likeness (QED) is 0.193. The molecule has 0 unspecified atom stereocenters. The lowest BCUT2D eigenvalue weighted by molar-refractivity contribution is 0.121. The van der Waals surface area contributed by atoms with E-state index in [2.05, 4.69) is 27.0 Å². The lowest BCUT2D eigenvalue weighted by Crippen LogP contribution is -2.39. The highest BCUT2D eigenvalue weighted by molar-refractivity contribution is 7.91. The van der Waals surface area contributed by atoms with Gasteiger partial charge >= 0.3 is 0 Å². The van der Waals surface area contributed by atoms with Crippen LogP contribution < -0.4 is 15.6 Å². The molecule has 1 fully saturated rings. The first-order valence-electron chi connectivity index (χ1n) is 15.3. The van der Waals surface area contributed by atoms with Gasteiger partial charge in [0.05, 0.1) is 18.0 Å². The zero-order valence-corrected chi connectivity index (χ0v) is 28.2. The predicted octanol–water partition coefficient (Wildman–Crippen LogP) is 5.84. The van der Waals surface area contributed by atoms with Crippen molar-refractivity contribution in [2.45, 2.75) is 63.4 Å². The highest BCUT2D eigenvalue weighted by Crippen LogP contribution is 2.28. The highest BCUT2D eigenvalue weighted by atomic mass is 35.5. The standard InChI is InChI=1S/C33H41FN6O4S.ClH/c1-22(2)40-31-25(20-35-33(37-31)36-26-11-13-27(14-12-26)39(3)16-17-44-4)18-28(32(40)41)24-10-15-30(29(34)19-24)38-45(42,43)21-23-8-6-5-7-9-23;/h5-10,15,18-20,22,26-27,38H,11-14,16-17,21H2,1-4H3,(H,35,36,37);1H/t26-,27-;. The molecule has 46 heavy (non-hydrogen) atoms. The minimum Gasteiger partial charge on any atom is -0.383 e. The molecule has 0 radical (unpaired) electrons. The van der Waals surface area contributed by atoms with Crippen molar-refractivity contribution in [3.63, 3.8) is 0 Å². The van der Waals surface area contributed by atoms with Crippen LogP contribution in [0.5, 0.6) is 0 Å². The van der Waals surface area contributed by atoms with Gasteiger partial charge in [0.1, 0.15) is 11.5 Å². The molecular weight excluding hydrogens is 631 g/mol. The summed E-state index contributed by atoms with van der Waals surface area (Å²) in [6.45, 7) is 5.42. The SMILES string of the molecule is COCCN(C)[C@H]1CC[C@H](Nc2ncc3cc(-c4ccc(NS(=O)(=O)Cc5ccccc5)c(F)c4)c(=O)n(C(C)C)c3n2)CC1.Cl. The fourth-order valence-corrected chi connectivity index (χ4v) is 7.10. The third kappa shape index (κ3) is 8.41. The van der Waals surface area contributed by atoms with Crippen LogP contribution in [0.4, 0.5) is 16.0 Å². The highest BCUT2D eigenvalue weighted by Gasteiger charge is 2.25. The van der Waals surface area contributed by atoms with Gasteiger partial charge in [-0.05, 0) is 75.9 Å². The van der Waals surface area contributed by atoms with Crippen molar-refractivity contribution < 1.29 is 17.5 Å². The van der Waals surface area contributed by atoms with E-state index in [9.17, 15) is 13.2 Å². The van der Waals surface area contributed by atoms with Gasteiger partial charge in [-0.3, -0.25) is 14.1 Å². The first-order chi connectivity index (χ1) is 21.5. The smallest absolute Gasteiger partial charge is 0.260 e. The number of nitrogens with one attached hydrogen (secondary N) is 2. The predicted molar refractivity (Wildman–Crippen MR) is 184 cm³/mol. The number of anilines is 2. The van der Waals surface area contributed by atoms with E-state index in [0.717, 1.165) is 38.8 Å². The van der Waals surface area contributed by atoms with Crippen molar-refractivity contribution >= 4 is 45.1 Å². The van der Waals surface area contributed by atoms with Crippen LogP contribution in [-0.4, -0.2) is 67.2 Å². The largest absolute Gasteiger partial charge is 0.383 e. The molecule has 0 spiro atoms. The molecule has 10 nitrogen and oxygen atoms in total. The molecule has 0 saturated heterocycles. The summed E-state index contributed by atoms with van der Waals surface area (Å²) >= 11 is 0. The van der Waals surface area contributed by atoms with Crippen molar-refractivity contribution in [2.75, 3.05) is 37.3 Å². The van der Waals surface area contributed by atoms with Crippen molar-refractivity contribution in [2.24, 2.45) is 0 Å². The van der Waals surface area contributed by atoms with Crippen LogP contribution in [0, 0.1) is 5.82 Å². The molecule has 1 saturated carbocycles. The molecule has 2 heterocycles. The molecule has 0 aliphatic heterocycles. The summed E-state index contributed by atoms with van der Waals surface area (Å²) in [4.78, 5) is 25.4. The molecule has 2 N–H and O–H groups in total. The Balaban J connectivity index is 0.00000480. The molecule has 248 valence electrons. The van der Waals surface area contributed by atoms with Crippen molar-refractivity contribution in [1.29, 1.82) is 0 Å². The van der Waals surface area contributed by atoms with Crippen LogP contribution in [0.2, 0.25) is 0 Å². The summed E-state index contributed by atoms with van der Waals surface area (Å²) in [5.74, 6) is -0.600. The van der Waals surface area contributed by atoms with Crippen LogP contribution in [-0.2, 0) is 20.5 Å². The number of pyridine rings is 1. The van der Waals surface area contributed by atoms with Gasteiger partial charge in [-0.15, -0.1) is 12.4 Å². The van der Waals surface area contributed by atoms with Crippen molar-refractivity contribution in [1.82, 2.24) is 19.4 Å². The fourth-order valence-electron chi connectivity index (χ4n) is 5.90. The molecule has 1 aliphatic rings.